The van der Waals surface area contributed by atoms with Gasteiger partial charge in [0.1, 0.15) is 4.90 Å². The first-order chi connectivity index (χ1) is 13.8. The molecule has 0 spiro atoms. The van der Waals surface area contributed by atoms with E-state index in [1.54, 1.807) is 12.1 Å². The standard InChI is InChI=1S/C21H29N3O3S2/c1-4-10-24-16(2)13-19(17(24)3)20(25)15-28-21-9-8-18(14-22-21)29(26,27)23-11-6-5-7-12-23/h8-9,13-14H,4-7,10-12,15H2,1-3H3. The Kier molecular flexibility index (Phi) is 7.19. The Balaban J connectivity index is 1.65. The Labute approximate surface area is 177 Å². The quantitative estimate of drug-likeness (QED) is 0.462. The molecule has 0 bridgehead atoms. The number of piperidine rings is 1. The van der Waals surface area contributed by atoms with Crippen molar-refractivity contribution in [2.75, 3.05) is 18.8 Å². The average Bonchev–Trinajstić information content (AvgIpc) is 3.01. The molecule has 1 fully saturated rings. The van der Waals surface area contributed by atoms with Crippen LogP contribution in [0.15, 0.2) is 34.3 Å². The summed E-state index contributed by atoms with van der Waals surface area (Å²) >= 11 is 1.34. The van der Waals surface area contributed by atoms with E-state index in [-0.39, 0.29) is 16.4 Å². The zero-order chi connectivity index (χ0) is 21.0. The number of ketones is 1. The van der Waals surface area contributed by atoms with Gasteiger partial charge in [-0.25, -0.2) is 13.4 Å². The minimum Gasteiger partial charge on any atom is -0.348 e. The number of Topliss-reactive ketones (excluding diaryl/α,β-unsaturated/α-hetero) is 1. The summed E-state index contributed by atoms with van der Waals surface area (Å²) in [7, 11) is -3.47. The molecule has 3 rings (SSSR count). The molecule has 0 amide bonds. The van der Waals surface area contributed by atoms with Crippen molar-refractivity contribution in [3.05, 3.63) is 41.3 Å². The highest BCUT2D eigenvalue weighted by Gasteiger charge is 2.26. The summed E-state index contributed by atoms with van der Waals surface area (Å²) in [6.07, 6.45) is 5.32. The summed E-state index contributed by atoms with van der Waals surface area (Å²) in [6.45, 7) is 8.19. The first-order valence-electron chi connectivity index (χ1n) is 10.1. The zero-order valence-corrected chi connectivity index (χ0v) is 19.0. The molecule has 1 saturated heterocycles. The van der Waals surface area contributed by atoms with Crippen LogP contribution in [0.4, 0.5) is 0 Å². The fourth-order valence-corrected chi connectivity index (χ4v) is 5.92. The Morgan fingerprint density at radius 1 is 1.17 bits per heavy atom. The lowest BCUT2D eigenvalue weighted by molar-refractivity contribution is 0.102. The molecule has 3 heterocycles. The Morgan fingerprint density at radius 3 is 2.52 bits per heavy atom. The van der Waals surface area contributed by atoms with Crippen LogP contribution in [-0.2, 0) is 16.6 Å². The third kappa shape index (κ3) is 4.92. The number of carbonyl (C=O) groups is 1. The Hall–Kier alpha value is -1.64. The predicted molar refractivity (Wildman–Crippen MR) is 116 cm³/mol. The molecule has 2 aromatic rings. The van der Waals surface area contributed by atoms with Gasteiger partial charge in [-0.15, -0.1) is 0 Å². The molecule has 0 radical (unpaired) electrons. The summed E-state index contributed by atoms with van der Waals surface area (Å²) in [5, 5.41) is 0.651. The van der Waals surface area contributed by atoms with Gasteiger partial charge in [0.25, 0.3) is 0 Å². The second kappa shape index (κ2) is 9.45. The molecule has 1 aliphatic rings. The molecule has 1 aliphatic heterocycles. The van der Waals surface area contributed by atoms with Gasteiger partial charge in [-0.1, -0.05) is 25.1 Å². The summed E-state index contributed by atoms with van der Waals surface area (Å²) < 4.78 is 29.1. The third-order valence-electron chi connectivity index (χ3n) is 5.33. The maximum Gasteiger partial charge on any atom is 0.244 e. The van der Waals surface area contributed by atoms with E-state index < -0.39 is 10.0 Å². The van der Waals surface area contributed by atoms with Gasteiger partial charge in [-0.05, 0) is 51.3 Å². The summed E-state index contributed by atoms with van der Waals surface area (Å²) in [5.41, 5.74) is 2.86. The van der Waals surface area contributed by atoms with Crippen molar-refractivity contribution in [2.45, 2.75) is 62.9 Å². The van der Waals surface area contributed by atoms with Crippen LogP contribution in [0.25, 0.3) is 0 Å². The van der Waals surface area contributed by atoms with Crippen LogP contribution >= 0.6 is 11.8 Å². The van der Waals surface area contributed by atoms with Crippen LogP contribution in [0.1, 0.15) is 54.4 Å². The Morgan fingerprint density at radius 2 is 1.90 bits per heavy atom. The van der Waals surface area contributed by atoms with Gasteiger partial charge in [0.05, 0.1) is 10.8 Å². The number of carbonyl (C=O) groups excluding carboxylic acids is 1. The van der Waals surface area contributed by atoms with E-state index in [2.05, 4.69) is 16.5 Å². The fourth-order valence-electron chi connectivity index (χ4n) is 3.73. The number of sulfonamides is 1. The van der Waals surface area contributed by atoms with Gasteiger partial charge in [0.15, 0.2) is 5.78 Å². The molecule has 0 aliphatic carbocycles. The van der Waals surface area contributed by atoms with Gasteiger partial charge in [-0.3, -0.25) is 4.79 Å². The molecule has 29 heavy (non-hydrogen) atoms. The highest BCUT2D eigenvalue weighted by molar-refractivity contribution is 7.99. The molecule has 0 saturated carbocycles. The maximum atomic E-state index is 12.7. The van der Waals surface area contributed by atoms with E-state index in [9.17, 15) is 13.2 Å². The topological polar surface area (TPSA) is 72.3 Å². The first-order valence-corrected chi connectivity index (χ1v) is 12.6. The van der Waals surface area contributed by atoms with Crippen molar-refractivity contribution in [1.82, 2.24) is 13.9 Å². The number of hydrogen-bond donors (Lipinski definition) is 0. The van der Waals surface area contributed by atoms with Crippen LogP contribution in [0.5, 0.6) is 0 Å². The summed E-state index contributed by atoms with van der Waals surface area (Å²) in [5.74, 6) is 0.346. The SMILES string of the molecule is CCCn1c(C)cc(C(=O)CSc2ccc(S(=O)(=O)N3CCCCC3)cn2)c1C. The zero-order valence-electron chi connectivity index (χ0n) is 17.3. The van der Waals surface area contributed by atoms with Crippen LogP contribution < -0.4 is 0 Å². The number of rotatable bonds is 8. The normalized spacial score (nSPS) is 15.6. The van der Waals surface area contributed by atoms with E-state index >= 15 is 0 Å². The van der Waals surface area contributed by atoms with Crippen molar-refractivity contribution >= 4 is 27.6 Å². The van der Waals surface area contributed by atoms with Crippen molar-refractivity contribution < 1.29 is 13.2 Å². The van der Waals surface area contributed by atoms with E-state index in [0.29, 0.717) is 18.1 Å². The fraction of sp³-hybridized carbons (Fsp3) is 0.524. The van der Waals surface area contributed by atoms with Crippen LogP contribution in [-0.4, -0.2) is 46.9 Å². The first kappa shape index (κ1) is 22.1. The molecule has 2 aromatic heterocycles. The van der Waals surface area contributed by atoms with Crippen LogP contribution in [0.3, 0.4) is 0 Å². The highest BCUT2D eigenvalue weighted by atomic mass is 32.2. The summed E-state index contributed by atoms with van der Waals surface area (Å²) in [6, 6.07) is 5.24. The largest absolute Gasteiger partial charge is 0.348 e. The van der Waals surface area contributed by atoms with E-state index in [1.807, 2.05) is 19.9 Å². The summed E-state index contributed by atoms with van der Waals surface area (Å²) in [4.78, 5) is 17.2. The minimum absolute atomic E-state index is 0.0669. The second-order valence-electron chi connectivity index (χ2n) is 7.45. The van der Waals surface area contributed by atoms with E-state index in [0.717, 1.165) is 49.2 Å². The van der Waals surface area contributed by atoms with Crippen molar-refractivity contribution in [3.63, 3.8) is 0 Å². The third-order valence-corrected chi connectivity index (χ3v) is 8.16. The number of aromatic nitrogens is 2. The smallest absolute Gasteiger partial charge is 0.244 e. The second-order valence-corrected chi connectivity index (χ2v) is 10.4. The number of hydrogen-bond acceptors (Lipinski definition) is 5. The predicted octanol–water partition coefficient (Wildman–Crippen LogP) is 4.06. The minimum atomic E-state index is -3.47. The van der Waals surface area contributed by atoms with Crippen LogP contribution in [0.2, 0.25) is 0 Å². The highest BCUT2D eigenvalue weighted by Crippen LogP contribution is 2.24. The lowest BCUT2D eigenvalue weighted by atomic mass is 10.2. The molecule has 0 N–H and O–H groups in total. The monoisotopic (exact) mass is 435 g/mol. The molecule has 0 aromatic carbocycles. The van der Waals surface area contributed by atoms with Crippen LogP contribution in [0, 0.1) is 13.8 Å². The van der Waals surface area contributed by atoms with E-state index in [4.69, 9.17) is 0 Å². The molecular formula is C21H29N3O3S2. The molecule has 0 atom stereocenters. The van der Waals surface area contributed by atoms with Gasteiger partial charge in [0, 0.05) is 42.8 Å². The van der Waals surface area contributed by atoms with Gasteiger partial charge in [-0.2, -0.15) is 4.31 Å². The Bertz CT molecular complexity index is 960. The van der Waals surface area contributed by atoms with E-state index in [1.165, 1.54) is 22.3 Å². The molecule has 6 nitrogen and oxygen atoms in total. The number of thioether (sulfide) groups is 1. The number of aryl methyl sites for hydroxylation is 1. The molecule has 158 valence electrons. The molecule has 8 heteroatoms. The van der Waals surface area contributed by atoms with Gasteiger partial charge < -0.3 is 4.57 Å². The van der Waals surface area contributed by atoms with Gasteiger partial charge >= 0.3 is 0 Å². The maximum absolute atomic E-state index is 12.7. The van der Waals surface area contributed by atoms with Crippen molar-refractivity contribution in [2.24, 2.45) is 0 Å². The lowest BCUT2D eigenvalue weighted by Crippen LogP contribution is -2.35. The average molecular weight is 436 g/mol. The lowest BCUT2D eigenvalue weighted by Gasteiger charge is -2.25. The van der Waals surface area contributed by atoms with Gasteiger partial charge in [0.2, 0.25) is 10.0 Å². The number of pyridine rings is 1. The number of nitrogens with zero attached hydrogens (tertiary/aromatic N) is 3. The van der Waals surface area contributed by atoms with Crippen molar-refractivity contribution in [3.8, 4) is 0 Å². The van der Waals surface area contributed by atoms with Crippen molar-refractivity contribution in [1.29, 1.82) is 0 Å². The molecule has 0 unspecified atom stereocenters. The molecular weight excluding hydrogens is 406 g/mol.